The van der Waals surface area contributed by atoms with Crippen molar-refractivity contribution in [3.05, 3.63) is 84.2 Å². The maximum absolute atomic E-state index is 8.86. The lowest BCUT2D eigenvalue weighted by atomic mass is 10.0. The van der Waals surface area contributed by atoms with Crippen LogP contribution in [-0.4, -0.2) is 31.5 Å². The standard InChI is InChI=1S/C21H18N6O2/c22-20(25-28)14-6-4-13(5-7-14)15-2-1-3-16(10-15)18-12-27-11-17(21(23)26-29)8-9-19(27)24-18/h1-12,28-29H,(H2,22,25)(H2,23,26). The van der Waals surface area contributed by atoms with Crippen LogP contribution in [0.5, 0.6) is 0 Å². The number of hydrogen-bond donors (Lipinski definition) is 4. The van der Waals surface area contributed by atoms with Crippen LogP contribution in [-0.2, 0) is 0 Å². The average molecular weight is 386 g/mol. The third-order valence-corrected chi connectivity index (χ3v) is 4.63. The number of pyridine rings is 1. The lowest BCUT2D eigenvalue weighted by molar-refractivity contribution is 0.318. The molecule has 0 bridgehead atoms. The number of nitrogens with two attached hydrogens (primary N) is 2. The van der Waals surface area contributed by atoms with E-state index < -0.39 is 0 Å². The van der Waals surface area contributed by atoms with Crippen LogP contribution in [0, 0.1) is 0 Å². The Labute approximate surface area is 166 Å². The van der Waals surface area contributed by atoms with Crippen molar-refractivity contribution in [2.24, 2.45) is 21.8 Å². The Balaban J connectivity index is 1.70. The summed E-state index contributed by atoms with van der Waals surface area (Å²) in [6, 6.07) is 19.0. The topological polar surface area (TPSA) is 135 Å². The van der Waals surface area contributed by atoms with Gasteiger partial charge in [-0.15, -0.1) is 0 Å². The molecule has 0 unspecified atom stereocenters. The first-order valence-electron chi connectivity index (χ1n) is 8.74. The van der Waals surface area contributed by atoms with Crippen molar-refractivity contribution in [2.75, 3.05) is 0 Å². The van der Waals surface area contributed by atoms with E-state index in [1.54, 1.807) is 24.4 Å². The second kappa shape index (κ2) is 7.35. The summed E-state index contributed by atoms with van der Waals surface area (Å²) in [6.45, 7) is 0. The Morgan fingerprint density at radius 2 is 1.41 bits per heavy atom. The van der Waals surface area contributed by atoms with Gasteiger partial charge >= 0.3 is 0 Å². The fourth-order valence-corrected chi connectivity index (χ4v) is 3.09. The van der Waals surface area contributed by atoms with Crippen LogP contribution in [0.3, 0.4) is 0 Å². The Morgan fingerprint density at radius 1 is 0.759 bits per heavy atom. The first-order chi connectivity index (χ1) is 14.1. The van der Waals surface area contributed by atoms with Crippen LogP contribution in [0.25, 0.3) is 28.0 Å². The zero-order chi connectivity index (χ0) is 20.4. The molecule has 0 atom stereocenters. The second-order valence-corrected chi connectivity index (χ2v) is 6.44. The lowest BCUT2D eigenvalue weighted by Gasteiger charge is -2.05. The van der Waals surface area contributed by atoms with Crippen molar-refractivity contribution in [3.63, 3.8) is 0 Å². The third-order valence-electron chi connectivity index (χ3n) is 4.63. The highest BCUT2D eigenvalue weighted by Crippen LogP contribution is 2.26. The highest BCUT2D eigenvalue weighted by molar-refractivity contribution is 5.97. The molecule has 6 N–H and O–H groups in total. The quantitative estimate of drug-likeness (QED) is 0.185. The van der Waals surface area contributed by atoms with E-state index in [9.17, 15) is 0 Å². The molecule has 0 spiro atoms. The molecule has 2 heterocycles. The van der Waals surface area contributed by atoms with Gasteiger partial charge in [0.05, 0.1) is 5.69 Å². The smallest absolute Gasteiger partial charge is 0.171 e. The summed E-state index contributed by atoms with van der Waals surface area (Å²) in [6.07, 6.45) is 3.65. The Kier molecular flexibility index (Phi) is 4.58. The number of nitrogens with zero attached hydrogens (tertiary/aromatic N) is 4. The number of amidine groups is 2. The number of hydrogen-bond acceptors (Lipinski definition) is 5. The average Bonchev–Trinajstić information content (AvgIpc) is 3.21. The van der Waals surface area contributed by atoms with Gasteiger partial charge < -0.3 is 26.3 Å². The Morgan fingerprint density at radius 3 is 2.14 bits per heavy atom. The van der Waals surface area contributed by atoms with Gasteiger partial charge in [-0.25, -0.2) is 4.98 Å². The number of benzene rings is 2. The van der Waals surface area contributed by atoms with Crippen LogP contribution < -0.4 is 11.5 Å². The molecule has 29 heavy (non-hydrogen) atoms. The highest BCUT2D eigenvalue weighted by Gasteiger charge is 2.08. The largest absolute Gasteiger partial charge is 0.409 e. The lowest BCUT2D eigenvalue weighted by Crippen LogP contribution is -2.13. The Hall–Kier alpha value is -4.33. The van der Waals surface area contributed by atoms with E-state index in [1.165, 1.54) is 0 Å². The minimum absolute atomic E-state index is 0.0412. The van der Waals surface area contributed by atoms with Crippen LogP contribution in [0.1, 0.15) is 11.1 Å². The molecule has 0 aliphatic heterocycles. The molecule has 2 aromatic heterocycles. The van der Waals surface area contributed by atoms with E-state index in [0.29, 0.717) is 11.1 Å². The van der Waals surface area contributed by atoms with Crippen LogP contribution in [0.2, 0.25) is 0 Å². The summed E-state index contributed by atoms with van der Waals surface area (Å²) >= 11 is 0. The zero-order valence-corrected chi connectivity index (χ0v) is 15.3. The molecule has 4 rings (SSSR count). The third kappa shape index (κ3) is 3.46. The fraction of sp³-hybridized carbons (Fsp3) is 0. The molecule has 0 aliphatic carbocycles. The van der Waals surface area contributed by atoms with Gasteiger partial charge in [-0.1, -0.05) is 52.8 Å². The normalized spacial score (nSPS) is 12.4. The van der Waals surface area contributed by atoms with Crippen molar-refractivity contribution in [3.8, 4) is 22.4 Å². The van der Waals surface area contributed by atoms with Gasteiger partial charge in [-0.2, -0.15) is 0 Å². The number of fused-ring (bicyclic) bond motifs is 1. The summed E-state index contributed by atoms with van der Waals surface area (Å²) in [4.78, 5) is 4.65. The summed E-state index contributed by atoms with van der Waals surface area (Å²) in [7, 11) is 0. The van der Waals surface area contributed by atoms with Gasteiger partial charge in [0.15, 0.2) is 11.7 Å². The molecule has 0 saturated heterocycles. The molecule has 0 aliphatic rings. The van der Waals surface area contributed by atoms with Gasteiger partial charge in [-0.3, -0.25) is 0 Å². The van der Waals surface area contributed by atoms with E-state index in [-0.39, 0.29) is 11.7 Å². The van der Waals surface area contributed by atoms with Crippen molar-refractivity contribution in [1.29, 1.82) is 0 Å². The van der Waals surface area contributed by atoms with Crippen molar-refractivity contribution >= 4 is 17.3 Å². The van der Waals surface area contributed by atoms with E-state index in [1.807, 2.05) is 53.1 Å². The number of oxime groups is 2. The van der Waals surface area contributed by atoms with Crippen molar-refractivity contribution in [2.45, 2.75) is 0 Å². The van der Waals surface area contributed by atoms with Crippen molar-refractivity contribution in [1.82, 2.24) is 9.38 Å². The molecule has 8 nitrogen and oxygen atoms in total. The predicted octanol–water partition coefficient (Wildman–Crippen LogP) is 2.86. The minimum atomic E-state index is 0.0412. The van der Waals surface area contributed by atoms with Gasteiger partial charge in [-0.05, 0) is 29.3 Å². The molecule has 144 valence electrons. The van der Waals surface area contributed by atoms with E-state index in [4.69, 9.17) is 21.9 Å². The van der Waals surface area contributed by atoms with Crippen molar-refractivity contribution < 1.29 is 10.4 Å². The molecule has 0 saturated carbocycles. The molecule has 0 fully saturated rings. The molecule has 0 amide bonds. The molecular weight excluding hydrogens is 368 g/mol. The van der Waals surface area contributed by atoms with Crippen LogP contribution >= 0.6 is 0 Å². The maximum Gasteiger partial charge on any atom is 0.171 e. The molecule has 4 aromatic rings. The Bertz CT molecular complexity index is 1240. The highest BCUT2D eigenvalue weighted by atomic mass is 16.4. The summed E-state index contributed by atoms with van der Waals surface area (Å²) < 4.78 is 1.83. The zero-order valence-electron chi connectivity index (χ0n) is 15.3. The number of imidazole rings is 1. The van der Waals surface area contributed by atoms with Gasteiger partial charge in [0.1, 0.15) is 5.65 Å². The first-order valence-corrected chi connectivity index (χ1v) is 8.74. The van der Waals surface area contributed by atoms with Crippen LogP contribution in [0.4, 0.5) is 0 Å². The van der Waals surface area contributed by atoms with E-state index >= 15 is 0 Å². The summed E-state index contributed by atoms with van der Waals surface area (Å²) in [5, 5.41) is 23.7. The molecular formula is C21H18N6O2. The molecule has 0 radical (unpaired) electrons. The monoisotopic (exact) mass is 386 g/mol. The number of rotatable bonds is 4. The van der Waals surface area contributed by atoms with Crippen LogP contribution in [0.15, 0.2) is 83.4 Å². The maximum atomic E-state index is 8.86. The number of aromatic nitrogens is 2. The predicted molar refractivity (Wildman–Crippen MR) is 111 cm³/mol. The van der Waals surface area contributed by atoms with E-state index in [2.05, 4.69) is 15.3 Å². The van der Waals surface area contributed by atoms with Gasteiger partial charge in [0.2, 0.25) is 0 Å². The molecule has 8 heteroatoms. The molecule has 2 aromatic carbocycles. The summed E-state index contributed by atoms with van der Waals surface area (Å²) in [5.74, 6) is 0.112. The first kappa shape index (κ1) is 18.1. The summed E-state index contributed by atoms with van der Waals surface area (Å²) in [5.41, 5.74) is 17.1. The minimum Gasteiger partial charge on any atom is -0.409 e. The van der Waals surface area contributed by atoms with Gasteiger partial charge in [0.25, 0.3) is 0 Å². The second-order valence-electron chi connectivity index (χ2n) is 6.44. The fourth-order valence-electron chi connectivity index (χ4n) is 3.09. The van der Waals surface area contributed by atoms with E-state index in [0.717, 1.165) is 28.0 Å². The SMILES string of the molecule is N/C(=N/O)c1ccc(-c2cccc(-c3cn4cc(/C(N)=N\O)ccc4n3)c2)cc1. The van der Waals surface area contributed by atoms with Gasteiger partial charge in [0, 0.05) is 29.1 Å².